The van der Waals surface area contributed by atoms with Gasteiger partial charge in [-0.1, -0.05) is 44.0 Å². The van der Waals surface area contributed by atoms with Crippen LogP contribution < -0.4 is 10.6 Å². The number of hydrogen-bond donors (Lipinski definition) is 5. The summed E-state index contributed by atoms with van der Waals surface area (Å²) >= 11 is 0. The second-order valence-electron chi connectivity index (χ2n) is 7.47. The monoisotopic (exact) mass is 450 g/mol. The highest BCUT2D eigenvalue weighted by atomic mass is 16.4. The summed E-state index contributed by atoms with van der Waals surface area (Å²) in [5, 5.41) is 32.1. The van der Waals surface area contributed by atoms with E-state index in [1.165, 1.54) is 0 Å². The summed E-state index contributed by atoms with van der Waals surface area (Å²) in [6.45, 7) is 2.49. The van der Waals surface area contributed by atoms with Gasteiger partial charge >= 0.3 is 17.9 Å². The van der Waals surface area contributed by atoms with E-state index in [-0.39, 0.29) is 31.6 Å². The minimum atomic E-state index is -1.56. The summed E-state index contributed by atoms with van der Waals surface area (Å²) in [5.41, 5.74) is 1.18. The molecule has 0 radical (unpaired) electrons. The van der Waals surface area contributed by atoms with Gasteiger partial charge in [0.2, 0.25) is 11.8 Å². The molecule has 10 heteroatoms. The van der Waals surface area contributed by atoms with Crippen molar-refractivity contribution in [3.8, 4) is 0 Å². The van der Waals surface area contributed by atoms with Gasteiger partial charge in [-0.15, -0.1) is 0 Å². The highest BCUT2D eigenvalue weighted by Crippen LogP contribution is 2.13. The van der Waals surface area contributed by atoms with E-state index in [0.29, 0.717) is 17.7 Å². The molecular formula is C22H30N2O8. The molecule has 0 unspecified atom stereocenters. The third kappa shape index (κ3) is 10.1. The molecule has 1 aromatic carbocycles. The van der Waals surface area contributed by atoms with Gasteiger partial charge in [-0.2, -0.15) is 0 Å². The molecular weight excluding hydrogens is 420 g/mol. The van der Waals surface area contributed by atoms with Crippen molar-refractivity contribution in [1.82, 2.24) is 10.6 Å². The molecule has 0 aliphatic carbocycles. The number of hydrogen-bond acceptors (Lipinski definition) is 5. The van der Waals surface area contributed by atoms with Crippen LogP contribution in [0.2, 0.25) is 0 Å². The number of carboxylic acids is 3. The Hall–Kier alpha value is -3.43. The molecule has 1 atom stereocenters. The van der Waals surface area contributed by atoms with Gasteiger partial charge in [0.05, 0.1) is 6.42 Å². The van der Waals surface area contributed by atoms with Crippen molar-refractivity contribution in [2.45, 2.75) is 57.9 Å². The fourth-order valence-corrected chi connectivity index (χ4v) is 2.97. The molecule has 10 nitrogen and oxygen atoms in total. The molecule has 0 fully saturated rings. The molecule has 2 amide bonds. The predicted molar refractivity (Wildman–Crippen MR) is 114 cm³/mol. The molecule has 0 spiro atoms. The molecule has 0 saturated carbocycles. The maximum absolute atomic E-state index is 12.6. The Morgan fingerprint density at radius 3 is 1.91 bits per heavy atom. The Balaban J connectivity index is 2.84. The second kappa shape index (κ2) is 13.8. The number of amides is 2. The van der Waals surface area contributed by atoms with Crippen molar-refractivity contribution >= 4 is 29.7 Å². The van der Waals surface area contributed by atoms with E-state index in [2.05, 4.69) is 10.6 Å². The first-order chi connectivity index (χ1) is 15.1. The van der Waals surface area contributed by atoms with Crippen molar-refractivity contribution in [2.75, 3.05) is 6.54 Å². The Labute approximate surface area is 186 Å². The highest BCUT2D eigenvalue weighted by molar-refractivity contribution is 5.93. The van der Waals surface area contributed by atoms with Crippen molar-refractivity contribution in [3.63, 3.8) is 0 Å². The summed E-state index contributed by atoms with van der Waals surface area (Å²) in [4.78, 5) is 57.4. The molecule has 32 heavy (non-hydrogen) atoms. The van der Waals surface area contributed by atoms with Crippen molar-refractivity contribution in [3.05, 3.63) is 35.4 Å². The molecule has 0 aliphatic rings. The van der Waals surface area contributed by atoms with E-state index in [1.807, 2.05) is 6.92 Å². The Morgan fingerprint density at radius 1 is 0.844 bits per heavy atom. The van der Waals surface area contributed by atoms with Gasteiger partial charge in [0.15, 0.2) is 5.92 Å². The first-order valence-electron chi connectivity index (χ1n) is 10.5. The number of carbonyl (C=O) groups excluding carboxylic acids is 2. The van der Waals surface area contributed by atoms with Gasteiger partial charge in [-0.3, -0.25) is 24.0 Å². The van der Waals surface area contributed by atoms with Crippen molar-refractivity contribution < 1.29 is 39.3 Å². The zero-order chi connectivity index (χ0) is 24.1. The van der Waals surface area contributed by atoms with Gasteiger partial charge < -0.3 is 26.0 Å². The minimum absolute atomic E-state index is 0.139. The standard InChI is InChI=1S/C22H30N2O8/c1-2-3-4-11-23-20(28)17(24-18(25)9-10-19(26)27)13-15-7-5-14(6-8-15)12-16(21(29)30)22(31)32/h5-8,16-17H,2-4,9-13H2,1H3,(H,23,28)(H,24,25)(H,26,27)(H,29,30)(H,31,32)/t17-/m0/s1. The summed E-state index contributed by atoms with van der Waals surface area (Å²) in [5.74, 6) is -6.46. The smallest absolute Gasteiger partial charge is 0.318 e. The van der Waals surface area contributed by atoms with E-state index in [1.54, 1.807) is 24.3 Å². The van der Waals surface area contributed by atoms with Gasteiger partial charge in [0.1, 0.15) is 6.04 Å². The van der Waals surface area contributed by atoms with Crippen LogP contribution in [0, 0.1) is 5.92 Å². The number of rotatable bonds is 15. The number of unbranched alkanes of at least 4 members (excludes halogenated alkanes) is 2. The van der Waals surface area contributed by atoms with Gasteiger partial charge in [-0.05, 0) is 24.0 Å². The fraction of sp³-hybridized carbons (Fsp3) is 0.500. The van der Waals surface area contributed by atoms with Crippen LogP contribution in [0.3, 0.4) is 0 Å². The van der Waals surface area contributed by atoms with Crippen LogP contribution in [-0.2, 0) is 36.8 Å². The third-order valence-corrected chi connectivity index (χ3v) is 4.80. The van der Waals surface area contributed by atoms with Crippen LogP contribution in [-0.4, -0.2) is 57.6 Å². The van der Waals surface area contributed by atoms with Crippen LogP contribution in [0.4, 0.5) is 0 Å². The minimum Gasteiger partial charge on any atom is -0.481 e. The summed E-state index contributed by atoms with van der Waals surface area (Å²) in [6.07, 6.45) is 2.09. The lowest BCUT2D eigenvalue weighted by atomic mass is 9.97. The van der Waals surface area contributed by atoms with Crippen LogP contribution in [0.1, 0.15) is 50.2 Å². The number of carbonyl (C=O) groups is 5. The number of nitrogens with one attached hydrogen (secondary N) is 2. The van der Waals surface area contributed by atoms with Crippen LogP contribution in [0.15, 0.2) is 24.3 Å². The largest absolute Gasteiger partial charge is 0.481 e. The lowest BCUT2D eigenvalue weighted by Gasteiger charge is -2.19. The lowest BCUT2D eigenvalue weighted by molar-refractivity contribution is -0.154. The molecule has 5 N–H and O–H groups in total. The van der Waals surface area contributed by atoms with Crippen LogP contribution in [0.5, 0.6) is 0 Å². The molecule has 176 valence electrons. The SMILES string of the molecule is CCCCCNC(=O)[C@H](Cc1ccc(CC(C(=O)O)C(=O)O)cc1)NC(=O)CCC(=O)O. The number of carboxylic acid groups (broad SMARTS) is 3. The maximum atomic E-state index is 12.6. The van der Waals surface area contributed by atoms with E-state index < -0.39 is 35.8 Å². The fourth-order valence-electron chi connectivity index (χ4n) is 2.97. The molecule has 1 aromatic rings. The molecule has 0 aromatic heterocycles. The molecule has 0 saturated heterocycles. The molecule has 1 rings (SSSR count). The first kappa shape index (κ1) is 26.6. The highest BCUT2D eigenvalue weighted by Gasteiger charge is 2.26. The lowest BCUT2D eigenvalue weighted by Crippen LogP contribution is -2.48. The molecule has 0 bridgehead atoms. The third-order valence-electron chi connectivity index (χ3n) is 4.80. The summed E-state index contributed by atoms with van der Waals surface area (Å²) in [7, 11) is 0. The van der Waals surface area contributed by atoms with E-state index in [9.17, 15) is 24.0 Å². The predicted octanol–water partition coefficient (Wildman–Crippen LogP) is 1.21. The number of aliphatic carboxylic acids is 3. The average Bonchev–Trinajstić information content (AvgIpc) is 2.73. The maximum Gasteiger partial charge on any atom is 0.318 e. The van der Waals surface area contributed by atoms with Crippen LogP contribution in [0.25, 0.3) is 0 Å². The van der Waals surface area contributed by atoms with Gasteiger partial charge in [-0.25, -0.2) is 0 Å². The van der Waals surface area contributed by atoms with E-state index >= 15 is 0 Å². The normalized spacial score (nSPS) is 11.6. The van der Waals surface area contributed by atoms with E-state index in [0.717, 1.165) is 19.3 Å². The van der Waals surface area contributed by atoms with Gasteiger partial charge in [0.25, 0.3) is 0 Å². The second-order valence-corrected chi connectivity index (χ2v) is 7.47. The van der Waals surface area contributed by atoms with Crippen molar-refractivity contribution in [1.29, 1.82) is 0 Å². The Kier molecular flexibility index (Phi) is 11.5. The van der Waals surface area contributed by atoms with E-state index in [4.69, 9.17) is 15.3 Å². The van der Waals surface area contributed by atoms with Gasteiger partial charge in [0, 0.05) is 19.4 Å². The van der Waals surface area contributed by atoms with Crippen LogP contribution >= 0.6 is 0 Å². The topological polar surface area (TPSA) is 170 Å². The summed E-state index contributed by atoms with van der Waals surface area (Å²) < 4.78 is 0. The molecule has 0 heterocycles. The Bertz CT molecular complexity index is 793. The Morgan fingerprint density at radius 2 is 1.41 bits per heavy atom. The first-order valence-corrected chi connectivity index (χ1v) is 10.5. The van der Waals surface area contributed by atoms with Crippen molar-refractivity contribution in [2.24, 2.45) is 5.92 Å². The summed E-state index contributed by atoms with van der Waals surface area (Å²) in [6, 6.07) is 5.52. The zero-order valence-corrected chi connectivity index (χ0v) is 18.0. The zero-order valence-electron chi connectivity index (χ0n) is 18.0. The number of benzene rings is 1. The molecule has 0 aliphatic heterocycles. The quantitative estimate of drug-likeness (QED) is 0.196. The average molecular weight is 450 g/mol.